The Labute approximate surface area is 203 Å². The second kappa shape index (κ2) is 8.35. The molecule has 1 aromatic carbocycles. The summed E-state index contributed by atoms with van der Waals surface area (Å²) in [7, 11) is -1.10. The van der Waals surface area contributed by atoms with Crippen LogP contribution in [0.2, 0.25) is 5.02 Å². The molecular weight excluding hydrogens is 476 g/mol. The van der Waals surface area contributed by atoms with Gasteiger partial charge < -0.3 is 9.47 Å². The van der Waals surface area contributed by atoms with Crippen molar-refractivity contribution in [2.45, 2.75) is 26.3 Å². The van der Waals surface area contributed by atoms with E-state index < -0.39 is 15.9 Å². The third-order valence-electron chi connectivity index (χ3n) is 6.56. The van der Waals surface area contributed by atoms with E-state index in [1.54, 1.807) is 4.90 Å². The molecule has 34 heavy (non-hydrogen) atoms. The monoisotopic (exact) mass is 500 g/mol. The molecule has 5 rings (SSSR count). The molecule has 2 aromatic heterocycles. The molecule has 0 saturated carbocycles. The average molecular weight is 501 g/mol. The Morgan fingerprint density at radius 2 is 1.79 bits per heavy atom. The van der Waals surface area contributed by atoms with Crippen LogP contribution in [0.5, 0.6) is 0 Å². The molecule has 0 bridgehead atoms. The molecule has 0 N–H and O–H groups in total. The highest BCUT2D eigenvalue weighted by Gasteiger charge is 2.34. The van der Waals surface area contributed by atoms with Crippen LogP contribution in [0, 0.1) is 13.8 Å². The number of halogens is 1. The van der Waals surface area contributed by atoms with Crippen molar-refractivity contribution in [3.8, 4) is 5.69 Å². The van der Waals surface area contributed by atoms with Crippen LogP contribution in [0.4, 0.5) is 0 Å². The summed E-state index contributed by atoms with van der Waals surface area (Å²) >= 11 is 6.14. The van der Waals surface area contributed by atoms with Gasteiger partial charge in [0.2, 0.25) is 5.91 Å². The molecule has 0 spiro atoms. The molecule has 1 amide bonds. The van der Waals surface area contributed by atoms with Gasteiger partial charge in [-0.2, -0.15) is 0 Å². The van der Waals surface area contributed by atoms with Crippen molar-refractivity contribution in [2.24, 2.45) is 12.0 Å². The molecule has 2 aliphatic rings. The van der Waals surface area contributed by atoms with Gasteiger partial charge in [-0.3, -0.25) is 14.4 Å². The van der Waals surface area contributed by atoms with Crippen LogP contribution in [0.15, 0.2) is 35.5 Å². The molecule has 0 radical (unpaired) electrons. The highest BCUT2D eigenvalue weighted by molar-refractivity contribution is 7.91. The fourth-order valence-electron chi connectivity index (χ4n) is 4.56. The third-order valence-corrected chi connectivity index (χ3v) is 8.42. The normalized spacial score (nSPS) is 19.2. The van der Waals surface area contributed by atoms with Crippen LogP contribution in [0.1, 0.15) is 40.9 Å². The van der Waals surface area contributed by atoms with E-state index in [1.165, 1.54) is 0 Å². The topological polar surface area (TPSA) is 102 Å². The molecule has 178 valence electrons. The molecule has 1 atom stereocenters. The number of hydrogen-bond donors (Lipinski definition) is 0. The van der Waals surface area contributed by atoms with Gasteiger partial charge in [0.15, 0.2) is 15.7 Å². The Hall–Kier alpha value is -2.98. The number of amides is 1. The van der Waals surface area contributed by atoms with E-state index in [9.17, 15) is 13.2 Å². The number of fused-ring (bicyclic) bond motifs is 3. The molecule has 2 aliphatic heterocycles. The molecule has 9 nitrogen and oxygen atoms in total. The van der Waals surface area contributed by atoms with Crippen molar-refractivity contribution in [1.29, 1.82) is 0 Å². The predicted octanol–water partition coefficient (Wildman–Crippen LogP) is 2.42. The molecular formula is C23H25ClN6O3S. The van der Waals surface area contributed by atoms with E-state index in [0.29, 0.717) is 16.7 Å². The first-order valence-electron chi connectivity index (χ1n) is 11.0. The lowest BCUT2D eigenvalue weighted by molar-refractivity contribution is -0.131. The van der Waals surface area contributed by atoms with Gasteiger partial charge in [0.1, 0.15) is 11.9 Å². The van der Waals surface area contributed by atoms with E-state index in [-0.39, 0.29) is 36.9 Å². The summed E-state index contributed by atoms with van der Waals surface area (Å²) in [4.78, 5) is 19.9. The van der Waals surface area contributed by atoms with Gasteiger partial charge in [0.05, 0.1) is 29.3 Å². The minimum atomic E-state index is -3.08. The summed E-state index contributed by atoms with van der Waals surface area (Å²) in [5, 5.41) is 9.32. The lowest BCUT2D eigenvalue weighted by atomic mass is 10.0. The number of carbonyl (C=O) groups is 1. The number of benzene rings is 1. The molecule has 0 aliphatic carbocycles. The van der Waals surface area contributed by atoms with E-state index >= 15 is 0 Å². The number of rotatable bonds is 3. The van der Waals surface area contributed by atoms with Crippen molar-refractivity contribution in [3.63, 3.8) is 0 Å². The predicted molar refractivity (Wildman–Crippen MR) is 129 cm³/mol. The summed E-state index contributed by atoms with van der Waals surface area (Å²) in [6.07, 6.45) is 2.10. The highest BCUT2D eigenvalue weighted by Crippen LogP contribution is 2.35. The van der Waals surface area contributed by atoms with Crippen LogP contribution in [-0.2, 0) is 21.7 Å². The SMILES string of the molecule is Cc1c2c(cn1C)-n1c(C)nnc1C(CC(=O)N1CCS(=O)(=O)CC1)N=C2c1ccc(Cl)cc1. The van der Waals surface area contributed by atoms with Crippen LogP contribution < -0.4 is 0 Å². The van der Waals surface area contributed by atoms with Gasteiger partial charge in [-0.15, -0.1) is 10.2 Å². The fraction of sp³-hybridized carbons (Fsp3) is 0.391. The van der Waals surface area contributed by atoms with E-state index in [4.69, 9.17) is 16.6 Å². The number of aliphatic imine (C=N–C) groups is 1. The molecule has 3 aromatic rings. The maximum absolute atomic E-state index is 13.2. The van der Waals surface area contributed by atoms with Crippen molar-refractivity contribution in [2.75, 3.05) is 24.6 Å². The first kappa shape index (κ1) is 22.8. The van der Waals surface area contributed by atoms with Crippen LogP contribution >= 0.6 is 11.6 Å². The fourth-order valence-corrected chi connectivity index (χ4v) is 5.89. The highest BCUT2D eigenvalue weighted by atomic mass is 35.5. The van der Waals surface area contributed by atoms with Gasteiger partial charge >= 0.3 is 0 Å². The number of nitrogens with zero attached hydrogens (tertiary/aromatic N) is 6. The van der Waals surface area contributed by atoms with Crippen molar-refractivity contribution in [3.05, 3.63) is 64.0 Å². The van der Waals surface area contributed by atoms with Gasteiger partial charge in [-0.25, -0.2) is 8.42 Å². The zero-order valence-corrected chi connectivity index (χ0v) is 20.8. The standard InChI is InChI=1S/C23H25ClN6O3S/c1-14-21-19(13-28(14)3)30-15(2)26-27-23(30)18(25-22(21)16-4-6-17(24)7-5-16)12-20(31)29-8-10-34(32,33)11-9-29/h4-7,13,18H,8-12H2,1-3H3. The Morgan fingerprint density at radius 3 is 2.47 bits per heavy atom. The summed E-state index contributed by atoms with van der Waals surface area (Å²) < 4.78 is 27.6. The van der Waals surface area contributed by atoms with Crippen LogP contribution in [0.3, 0.4) is 0 Å². The minimum Gasteiger partial charge on any atom is -0.352 e. The van der Waals surface area contributed by atoms with E-state index in [2.05, 4.69) is 10.2 Å². The maximum Gasteiger partial charge on any atom is 0.225 e. The van der Waals surface area contributed by atoms with Crippen molar-refractivity contribution >= 4 is 33.1 Å². The maximum atomic E-state index is 13.2. The molecule has 11 heteroatoms. The summed E-state index contributed by atoms with van der Waals surface area (Å²) in [6.45, 7) is 4.31. The number of aromatic nitrogens is 4. The first-order valence-corrected chi connectivity index (χ1v) is 13.2. The van der Waals surface area contributed by atoms with Gasteiger partial charge in [-0.1, -0.05) is 23.7 Å². The Morgan fingerprint density at radius 1 is 1.12 bits per heavy atom. The Bertz CT molecular complexity index is 1410. The number of aryl methyl sites for hydroxylation is 2. The Balaban J connectivity index is 1.61. The van der Waals surface area contributed by atoms with Gasteiger partial charge in [0.25, 0.3) is 0 Å². The largest absolute Gasteiger partial charge is 0.352 e. The zero-order valence-electron chi connectivity index (χ0n) is 19.2. The molecule has 4 heterocycles. The quantitative estimate of drug-likeness (QED) is 0.549. The summed E-state index contributed by atoms with van der Waals surface area (Å²) in [5.41, 5.74) is 4.53. The summed E-state index contributed by atoms with van der Waals surface area (Å²) in [5.74, 6) is 1.13. The molecule has 1 unspecified atom stereocenters. The van der Waals surface area contributed by atoms with E-state index in [0.717, 1.165) is 28.2 Å². The van der Waals surface area contributed by atoms with Crippen molar-refractivity contribution < 1.29 is 13.2 Å². The average Bonchev–Trinajstić information content (AvgIpc) is 3.26. The first-order chi connectivity index (χ1) is 16.1. The second-order valence-electron chi connectivity index (χ2n) is 8.76. The number of carbonyl (C=O) groups excluding carboxylic acids is 1. The van der Waals surface area contributed by atoms with Crippen LogP contribution in [0.25, 0.3) is 5.69 Å². The zero-order chi connectivity index (χ0) is 24.2. The Kier molecular flexibility index (Phi) is 5.60. The number of sulfone groups is 1. The van der Waals surface area contributed by atoms with Crippen molar-refractivity contribution in [1.82, 2.24) is 24.2 Å². The number of hydrogen-bond acceptors (Lipinski definition) is 6. The summed E-state index contributed by atoms with van der Waals surface area (Å²) in [6, 6.07) is 6.91. The lowest BCUT2D eigenvalue weighted by Gasteiger charge is -2.27. The molecule has 1 fully saturated rings. The third kappa shape index (κ3) is 3.94. The van der Waals surface area contributed by atoms with Gasteiger partial charge in [-0.05, 0) is 26.0 Å². The smallest absolute Gasteiger partial charge is 0.225 e. The molecule has 1 saturated heterocycles. The minimum absolute atomic E-state index is 0.0106. The second-order valence-corrected chi connectivity index (χ2v) is 11.5. The van der Waals surface area contributed by atoms with Crippen LogP contribution in [-0.4, -0.2) is 68.9 Å². The van der Waals surface area contributed by atoms with Gasteiger partial charge in [0, 0.05) is 48.2 Å². The lowest BCUT2D eigenvalue weighted by Crippen LogP contribution is -2.44. The van der Waals surface area contributed by atoms with E-state index in [1.807, 2.05) is 60.5 Å².